The van der Waals surface area contributed by atoms with Crippen molar-refractivity contribution in [3.63, 3.8) is 0 Å². The molecule has 2 N–H and O–H groups in total. The van der Waals surface area contributed by atoms with Gasteiger partial charge in [0.15, 0.2) is 5.82 Å². The maximum absolute atomic E-state index is 6.28. The molecule has 2 aliphatic rings. The van der Waals surface area contributed by atoms with E-state index >= 15 is 0 Å². The summed E-state index contributed by atoms with van der Waals surface area (Å²) in [5, 5.41) is 0.944. The molecule has 1 aromatic carbocycles. The van der Waals surface area contributed by atoms with E-state index < -0.39 is 0 Å². The van der Waals surface area contributed by atoms with Crippen molar-refractivity contribution >= 4 is 34.8 Å². The molecule has 1 saturated heterocycles. The Morgan fingerprint density at radius 3 is 2.46 bits per heavy atom. The molecular formula is C18H20Cl2N4. The van der Waals surface area contributed by atoms with E-state index in [-0.39, 0.29) is 0 Å². The van der Waals surface area contributed by atoms with Gasteiger partial charge < -0.3 is 10.6 Å². The lowest BCUT2D eigenvalue weighted by molar-refractivity contribution is 0.0953. The fraction of sp³-hybridized carbons (Fsp3) is 0.444. The van der Waals surface area contributed by atoms with E-state index in [0.717, 1.165) is 18.9 Å². The summed E-state index contributed by atoms with van der Waals surface area (Å²) in [6.45, 7) is 2.07. The zero-order valence-corrected chi connectivity index (χ0v) is 14.9. The Bertz CT molecular complexity index is 764. The van der Waals surface area contributed by atoms with Crippen LogP contribution in [-0.4, -0.2) is 23.1 Å². The summed E-state index contributed by atoms with van der Waals surface area (Å²) in [5.41, 5.74) is 8.08. The van der Waals surface area contributed by atoms with Crippen molar-refractivity contribution in [2.75, 3.05) is 23.7 Å². The molecule has 126 valence electrons. The number of nitrogens with zero attached hydrogens (tertiary/aromatic N) is 3. The summed E-state index contributed by atoms with van der Waals surface area (Å²) in [5.74, 6) is 1.24. The van der Waals surface area contributed by atoms with E-state index in [1.807, 2.05) is 12.1 Å². The van der Waals surface area contributed by atoms with E-state index in [2.05, 4.69) is 14.9 Å². The summed E-state index contributed by atoms with van der Waals surface area (Å²) < 4.78 is 0. The molecular weight excluding hydrogens is 343 g/mol. The van der Waals surface area contributed by atoms with Crippen molar-refractivity contribution in [1.82, 2.24) is 9.97 Å². The van der Waals surface area contributed by atoms with Crippen LogP contribution in [0.15, 0.2) is 24.4 Å². The molecule has 0 unspecified atom stereocenters. The normalized spacial score (nSPS) is 19.3. The number of halogens is 2. The quantitative estimate of drug-likeness (QED) is 0.833. The number of rotatable bonds is 2. The highest BCUT2D eigenvalue weighted by molar-refractivity contribution is 6.43. The summed E-state index contributed by atoms with van der Waals surface area (Å²) in [6.07, 6.45) is 8.46. The van der Waals surface area contributed by atoms with Crippen LogP contribution in [0, 0.1) is 5.41 Å². The second-order valence-electron chi connectivity index (χ2n) is 6.90. The Morgan fingerprint density at radius 2 is 1.83 bits per heavy atom. The fourth-order valence-corrected chi connectivity index (χ4v) is 4.22. The van der Waals surface area contributed by atoms with Crippen molar-refractivity contribution in [2.45, 2.75) is 32.1 Å². The Kier molecular flexibility index (Phi) is 4.05. The lowest BCUT2D eigenvalue weighted by Crippen LogP contribution is -2.43. The standard InChI is InChI=1S/C18H20Cl2N4/c19-13-4-1-3-12(15(13)20)16-17(21)23-14(11-22-16)24-9-7-18(8-10-24)5-2-6-18/h1,3-4,11H,2,5-10H2,(H2,21,23). The van der Waals surface area contributed by atoms with Gasteiger partial charge in [-0.2, -0.15) is 0 Å². The second-order valence-corrected chi connectivity index (χ2v) is 7.69. The second kappa shape index (κ2) is 6.08. The van der Waals surface area contributed by atoms with Crippen LogP contribution in [0.1, 0.15) is 32.1 Å². The predicted octanol–water partition coefficient (Wildman–Crippen LogP) is 4.80. The molecule has 1 saturated carbocycles. The van der Waals surface area contributed by atoms with Gasteiger partial charge >= 0.3 is 0 Å². The topological polar surface area (TPSA) is 55.0 Å². The third-order valence-electron chi connectivity index (χ3n) is 5.56. The molecule has 1 spiro atoms. The average molecular weight is 363 g/mol. The maximum atomic E-state index is 6.28. The smallest absolute Gasteiger partial charge is 0.152 e. The third kappa shape index (κ3) is 2.72. The zero-order chi connectivity index (χ0) is 16.7. The van der Waals surface area contributed by atoms with Crippen molar-refractivity contribution in [3.05, 3.63) is 34.4 Å². The number of aromatic nitrogens is 2. The monoisotopic (exact) mass is 362 g/mol. The molecule has 2 heterocycles. The fourth-order valence-electron chi connectivity index (χ4n) is 3.83. The molecule has 1 aliphatic carbocycles. The van der Waals surface area contributed by atoms with Crippen LogP contribution >= 0.6 is 23.2 Å². The van der Waals surface area contributed by atoms with Gasteiger partial charge in [-0.3, -0.25) is 0 Å². The van der Waals surface area contributed by atoms with Crippen molar-refractivity contribution in [1.29, 1.82) is 0 Å². The largest absolute Gasteiger partial charge is 0.382 e. The molecule has 2 fully saturated rings. The van der Waals surface area contributed by atoms with Crippen molar-refractivity contribution in [3.8, 4) is 11.3 Å². The van der Waals surface area contributed by atoms with Crippen molar-refractivity contribution < 1.29 is 0 Å². The molecule has 24 heavy (non-hydrogen) atoms. The number of anilines is 2. The van der Waals surface area contributed by atoms with E-state index in [9.17, 15) is 0 Å². The Balaban J connectivity index is 1.57. The molecule has 0 radical (unpaired) electrons. The minimum Gasteiger partial charge on any atom is -0.382 e. The van der Waals surface area contributed by atoms with Gasteiger partial charge in [0.2, 0.25) is 0 Å². The predicted molar refractivity (Wildman–Crippen MR) is 99.6 cm³/mol. The molecule has 0 amide bonds. The lowest BCUT2D eigenvalue weighted by Gasteiger charge is -2.48. The van der Waals surface area contributed by atoms with Gasteiger partial charge in [0.1, 0.15) is 11.5 Å². The number of nitrogen functional groups attached to an aromatic ring is 1. The first kappa shape index (κ1) is 16.0. The maximum Gasteiger partial charge on any atom is 0.152 e. The third-order valence-corrected chi connectivity index (χ3v) is 6.37. The molecule has 2 aromatic rings. The minimum atomic E-state index is 0.389. The van der Waals surface area contributed by atoms with Gasteiger partial charge in [0.05, 0.1) is 16.2 Å². The van der Waals surface area contributed by atoms with Crippen LogP contribution < -0.4 is 10.6 Å². The van der Waals surface area contributed by atoms with Crippen LogP contribution in [-0.2, 0) is 0 Å². The SMILES string of the molecule is Nc1nc(N2CCC3(CCC3)CC2)cnc1-c1cccc(Cl)c1Cl. The molecule has 1 aromatic heterocycles. The highest BCUT2D eigenvalue weighted by Crippen LogP contribution is 2.49. The highest BCUT2D eigenvalue weighted by atomic mass is 35.5. The first-order valence-corrected chi connectivity index (χ1v) is 9.15. The molecule has 0 bridgehead atoms. The first-order chi connectivity index (χ1) is 11.6. The van der Waals surface area contributed by atoms with E-state index in [0.29, 0.717) is 32.5 Å². The van der Waals surface area contributed by atoms with Gasteiger partial charge in [-0.15, -0.1) is 0 Å². The molecule has 0 atom stereocenters. The zero-order valence-electron chi connectivity index (χ0n) is 13.4. The molecule has 6 heteroatoms. The lowest BCUT2D eigenvalue weighted by atomic mass is 9.63. The molecule has 4 nitrogen and oxygen atoms in total. The summed E-state index contributed by atoms with van der Waals surface area (Å²) >= 11 is 12.4. The number of benzene rings is 1. The Morgan fingerprint density at radius 1 is 1.08 bits per heavy atom. The van der Waals surface area contributed by atoms with Gasteiger partial charge in [-0.1, -0.05) is 41.8 Å². The Labute approximate surface area is 152 Å². The van der Waals surface area contributed by atoms with Gasteiger partial charge in [0, 0.05) is 18.7 Å². The van der Waals surface area contributed by atoms with Crippen LogP contribution in [0.25, 0.3) is 11.3 Å². The van der Waals surface area contributed by atoms with E-state index in [4.69, 9.17) is 28.9 Å². The number of nitrogens with two attached hydrogens (primary N) is 1. The summed E-state index contributed by atoms with van der Waals surface area (Å²) in [4.78, 5) is 11.4. The highest BCUT2D eigenvalue weighted by Gasteiger charge is 2.39. The number of piperidine rings is 1. The van der Waals surface area contributed by atoms with E-state index in [1.165, 1.54) is 32.1 Å². The minimum absolute atomic E-state index is 0.389. The Hall–Kier alpha value is -1.52. The van der Waals surface area contributed by atoms with Crippen molar-refractivity contribution in [2.24, 2.45) is 5.41 Å². The van der Waals surface area contributed by atoms with E-state index in [1.54, 1.807) is 12.3 Å². The van der Waals surface area contributed by atoms with Crippen LogP contribution in [0.2, 0.25) is 10.0 Å². The van der Waals surface area contributed by atoms with Crippen LogP contribution in [0.4, 0.5) is 11.6 Å². The van der Waals surface area contributed by atoms with Gasteiger partial charge in [-0.25, -0.2) is 9.97 Å². The van der Waals surface area contributed by atoms with Gasteiger partial charge in [-0.05, 0) is 37.2 Å². The number of hydrogen-bond acceptors (Lipinski definition) is 4. The molecule has 1 aliphatic heterocycles. The first-order valence-electron chi connectivity index (χ1n) is 8.40. The van der Waals surface area contributed by atoms with Crippen LogP contribution in [0.5, 0.6) is 0 Å². The van der Waals surface area contributed by atoms with Gasteiger partial charge in [0.25, 0.3) is 0 Å². The number of hydrogen-bond donors (Lipinski definition) is 1. The molecule has 4 rings (SSSR count). The van der Waals surface area contributed by atoms with Crippen LogP contribution in [0.3, 0.4) is 0 Å². The summed E-state index contributed by atoms with van der Waals surface area (Å²) in [6, 6.07) is 5.44. The average Bonchev–Trinajstić information content (AvgIpc) is 2.56. The summed E-state index contributed by atoms with van der Waals surface area (Å²) in [7, 11) is 0.